The first-order chi connectivity index (χ1) is 8.05. The highest BCUT2D eigenvalue weighted by atomic mass is 16.5. The monoisotopic (exact) mass is 241 g/mol. The molecule has 1 rings (SSSR count). The van der Waals surface area contributed by atoms with E-state index in [2.05, 4.69) is 26.1 Å². The van der Waals surface area contributed by atoms with Crippen molar-refractivity contribution in [2.75, 3.05) is 13.2 Å². The minimum absolute atomic E-state index is 0.0518. The molecule has 0 atom stereocenters. The smallest absolute Gasteiger partial charge is 0.326 e. The summed E-state index contributed by atoms with van der Waals surface area (Å²) in [7, 11) is 0. The van der Waals surface area contributed by atoms with E-state index in [1.54, 1.807) is 0 Å². The van der Waals surface area contributed by atoms with E-state index >= 15 is 0 Å². The lowest BCUT2D eigenvalue weighted by Gasteiger charge is -2.39. The summed E-state index contributed by atoms with van der Waals surface area (Å²) in [4.78, 5) is 12.1. The van der Waals surface area contributed by atoms with Gasteiger partial charge in [-0.05, 0) is 51.0 Å². The lowest BCUT2D eigenvalue weighted by molar-refractivity contribution is -0.153. The summed E-state index contributed by atoms with van der Waals surface area (Å²) in [6.07, 6.45) is 4.10. The van der Waals surface area contributed by atoms with Crippen molar-refractivity contribution in [3.63, 3.8) is 0 Å². The Morgan fingerprint density at radius 1 is 1.35 bits per heavy atom. The Kier molecular flexibility index (Phi) is 5.44. The van der Waals surface area contributed by atoms with Crippen LogP contribution in [0.1, 0.15) is 53.4 Å². The van der Waals surface area contributed by atoms with E-state index in [4.69, 9.17) is 4.74 Å². The maximum Gasteiger partial charge on any atom is 0.326 e. The number of esters is 1. The van der Waals surface area contributed by atoms with Crippen LogP contribution in [0, 0.1) is 11.8 Å². The van der Waals surface area contributed by atoms with Gasteiger partial charge in [-0.15, -0.1) is 0 Å². The normalized spacial score (nSPS) is 29.4. The molecule has 1 N–H and O–H groups in total. The van der Waals surface area contributed by atoms with E-state index in [1.165, 1.54) is 0 Å². The third-order valence-corrected chi connectivity index (χ3v) is 4.01. The van der Waals surface area contributed by atoms with Gasteiger partial charge in [-0.25, -0.2) is 0 Å². The fourth-order valence-electron chi connectivity index (χ4n) is 2.86. The van der Waals surface area contributed by atoms with Gasteiger partial charge in [-0.1, -0.05) is 20.8 Å². The van der Waals surface area contributed by atoms with E-state index in [9.17, 15) is 4.79 Å². The quantitative estimate of drug-likeness (QED) is 0.752. The van der Waals surface area contributed by atoms with Crippen molar-refractivity contribution >= 4 is 5.97 Å². The van der Waals surface area contributed by atoms with Crippen molar-refractivity contribution < 1.29 is 9.53 Å². The van der Waals surface area contributed by atoms with Crippen molar-refractivity contribution in [2.24, 2.45) is 11.8 Å². The Hall–Kier alpha value is -0.570. The fraction of sp³-hybridized carbons (Fsp3) is 0.929. The van der Waals surface area contributed by atoms with Gasteiger partial charge in [-0.3, -0.25) is 4.79 Å². The van der Waals surface area contributed by atoms with Crippen LogP contribution in [0.25, 0.3) is 0 Å². The van der Waals surface area contributed by atoms with Gasteiger partial charge in [0.05, 0.1) is 6.61 Å². The number of likely N-dealkylation sites (N-methyl/N-ethyl adjacent to an activating group) is 1. The Bertz CT molecular complexity index is 243. The van der Waals surface area contributed by atoms with Gasteiger partial charge >= 0.3 is 5.97 Å². The molecule has 1 aliphatic rings. The van der Waals surface area contributed by atoms with Gasteiger partial charge in [0.1, 0.15) is 5.54 Å². The molecule has 1 fully saturated rings. The molecule has 0 saturated heterocycles. The predicted molar refractivity (Wildman–Crippen MR) is 69.8 cm³/mol. The number of nitrogens with one attached hydrogen (secondary N) is 1. The Labute approximate surface area is 105 Å². The van der Waals surface area contributed by atoms with E-state index in [0.717, 1.165) is 44.1 Å². The molecule has 0 aliphatic heterocycles. The zero-order valence-corrected chi connectivity index (χ0v) is 11.7. The molecule has 0 unspecified atom stereocenters. The molecule has 0 aromatic carbocycles. The van der Waals surface area contributed by atoms with Crippen LogP contribution >= 0.6 is 0 Å². The second-order valence-corrected chi connectivity index (χ2v) is 5.41. The van der Waals surface area contributed by atoms with Crippen molar-refractivity contribution in [2.45, 2.75) is 58.9 Å². The molecule has 0 spiro atoms. The molecule has 1 saturated carbocycles. The summed E-state index contributed by atoms with van der Waals surface area (Å²) in [5.74, 6) is 1.43. The highest BCUT2D eigenvalue weighted by molar-refractivity contribution is 5.81. The molecule has 100 valence electrons. The van der Waals surface area contributed by atoms with Gasteiger partial charge in [0, 0.05) is 0 Å². The molecule has 1 aliphatic carbocycles. The predicted octanol–water partition coefficient (Wildman–Crippen LogP) is 2.74. The van der Waals surface area contributed by atoms with Crippen LogP contribution in [0.3, 0.4) is 0 Å². The van der Waals surface area contributed by atoms with E-state index in [0.29, 0.717) is 6.61 Å². The second kappa shape index (κ2) is 6.39. The number of hydrogen-bond acceptors (Lipinski definition) is 3. The number of ether oxygens (including phenoxy) is 1. The molecule has 0 radical (unpaired) electrons. The standard InChI is InChI=1S/C14H27NO2/c1-5-15-14(13(16)17-6-2)9-7-12(8-10-14)11(3)4/h11-12,15H,5-10H2,1-4H3. The molecule has 17 heavy (non-hydrogen) atoms. The van der Waals surface area contributed by atoms with Crippen LogP contribution in [0.4, 0.5) is 0 Å². The first-order valence-corrected chi connectivity index (χ1v) is 6.98. The average Bonchev–Trinajstić information content (AvgIpc) is 2.30. The summed E-state index contributed by atoms with van der Waals surface area (Å²) >= 11 is 0. The number of carbonyl (C=O) groups is 1. The van der Waals surface area contributed by atoms with Gasteiger partial charge < -0.3 is 10.1 Å². The van der Waals surface area contributed by atoms with Gasteiger partial charge in [-0.2, -0.15) is 0 Å². The molecular formula is C14H27NO2. The average molecular weight is 241 g/mol. The minimum Gasteiger partial charge on any atom is -0.465 e. The molecule has 3 nitrogen and oxygen atoms in total. The third kappa shape index (κ3) is 3.44. The maximum atomic E-state index is 12.1. The van der Waals surface area contributed by atoms with E-state index in [-0.39, 0.29) is 5.97 Å². The second-order valence-electron chi connectivity index (χ2n) is 5.41. The van der Waals surface area contributed by atoms with Gasteiger partial charge in [0.2, 0.25) is 0 Å². The molecule has 0 aromatic rings. The van der Waals surface area contributed by atoms with Crippen molar-refractivity contribution in [3.8, 4) is 0 Å². The SMILES string of the molecule is CCNC1(C(=O)OCC)CCC(C(C)C)CC1. The van der Waals surface area contributed by atoms with Crippen molar-refractivity contribution in [3.05, 3.63) is 0 Å². The molecule has 0 aromatic heterocycles. The van der Waals surface area contributed by atoms with Gasteiger partial charge in [0.15, 0.2) is 0 Å². The van der Waals surface area contributed by atoms with E-state index < -0.39 is 5.54 Å². The Morgan fingerprint density at radius 2 is 1.94 bits per heavy atom. The maximum absolute atomic E-state index is 12.1. The van der Waals surface area contributed by atoms with Crippen LogP contribution < -0.4 is 5.32 Å². The lowest BCUT2D eigenvalue weighted by Crippen LogP contribution is -2.55. The number of rotatable bonds is 5. The highest BCUT2D eigenvalue weighted by Crippen LogP contribution is 2.36. The summed E-state index contributed by atoms with van der Waals surface area (Å²) < 4.78 is 5.23. The zero-order valence-electron chi connectivity index (χ0n) is 11.7. The van der Waals surface area contributed by atoms with Crippen LogP contribution in [0.5, 0.6) is 0 Å². The molecule has 0 amide bonds. The summed E-state index contributed by atoms with van der Waals surface area (Å²) in [6, 6.07) is 0. The third-order valence-electron chi connectivity index (χ3n) is 4.01. The van der Waals surface area contributed by atoms with Crippen molar-refractivity contribution in [1.29, 1.82) is 0 Å². The molecule has 3 heteroatoms. The topological polar surface area (TPSA) is 38.3 Å². The Balaban J connectivity index is 2.66. The largest absolute Gasteiger partial charge is 0.465 e. The number of hydrogen-bond donors (Lipinski definition) is 1. The summed E-state index contributed by atoms with van der Waals surface area (Å²) in [6.45, 7) is 9.77. The van der Waals surface area contributed by atoms with E-state index in [1.807, 2.05) is 6.92 Å². The van der Waals surface area contributed by atoms with Crippen LogP contribution in [-0.2, 0) is 9.53 Å². The van der Waals surface area contributed by atoms with Gasteiger partial charge in [0.25, 0.3) is 0 Å². The van der Waals surface area contributed by atoms with Crippen LogP contribution in [-0.4, -0.2) is 24.7 Å². The molecule has 0 bridgehead atoms. The molecule has 0 heterocycles. The molecular weight excluding hydrogens is 214 g/mol. The van der Waals surface area contributed by atoms with Crippen LogP contribution in [0.15, 0.2) is 0 Å². The fourth-order valence-corrected chi connectivity index (χ4v) is 2.86. The summed E-state index contributed by atoms with van der Waals surface area (Å²) in [5, 5.41) is 3.37. The summed E-state index contributed by atoms with van der Waals surface area (Å²) in [5.41, 5.74) is -0.407. The number of carbonyl (C=O) groups excluding carboxylic acids is 1. The van der Waals surface area contributed by atoms with Crippen LogP contribution in [0.2, 0.25) is 0 Å². The minimum atomic E-state index is -0.407. The highest BCUT2D eigenvalue weighted by Gasteiger charge is 2.42. The zero-order chi connectivity index (χ0) is 12.9. The Morgan fingerprint density at radius 3 is 2.35 bits per heavy atom. The first-order valence-electron chi connectivity index (χ1n) is 6.98. The van der Waals surface area contributed by atoms with Crippen molar-refractivity contribution in [1.82, 2.24) is 5.32 Å². The first kappa shape index (κ1) is 14.5. The lowest BCUT2D eigenvalue weighted by atomic mass is 9.72.